The Balaban J connectivity index is 2.91. The van der Waals surface area contributed by atoms with E-state index in [2.05, 4.69) is 5.32 Å². The Labute approximate surface area is 119 Å². The van der Waals surface area contributed by atoms with Crippen molar-refractivity contribution in [1.82, 2.24) is 10.2 Å². The molecule has 1 saturated heterocycles. The molecule has 3 unspecified atom stereocenters. The van der Waals surface area contributed by atoms with Gasteiger partial charge < -0.3 is 15.3 Å². The number of aliphatic carboxylic acids is 1. The number of nitrogens with zero attached hydrogens (tertiary/aromatic N) is 1. The van der Waals surface area contributed by atoms with Gasteiger partial charge in [0.1, 0.15) is 12.1 Å². The zero-order chi connectivity index (χ0) is 15.1. The largest absolute Gasteiger partial charge is 0.480 e. The van der Waals surface area contributed by atoms with Crippen molar-refractivity contribution in [1.29, 1.82) is 0 Å². The molecule has 0 aliphatic carbocycles. The second-order valence-corrected chi connectivity index (χ2v) is 5.25. The third-order valence-electron chi connectivity index (χ3n) is 3.81. The maximum atomic E-state index is 12.6. The summed E-state index contributed by atoms with van der Waals surface area (Å²) in [6.45, 7) is 3.94. The van der Waals surface area contributed by atoms with Gasteiger partial charge in [0.05, 0.1) is 0 Å². The first kappa shape index (κ1) is 16.5. The fraction of sp³-hybridized carbons (Fsp3) is 0.786. The molecule has 1 aliphatic rings. The van der Waals surface area contributed by atoms with Crippen LogP contribution in [0.5, 0.6) is 0 Å². The lowest BCUT2D eigenvalue weighted by Crippen LogP contribution is -2.52. The van der Waals surface area contributed by atoms with E-state index in [4.69, 9.17) is 0 Å². The maximum Gasteiger partial charge on any atom is 0.326 e. The number of carbonyl (C=O) groups excluding carboxylic acids is 2. The molecule has 0 aromatic rings. The van der Waals surface area contributed by atoms with Crippen molar-refractivity contribution < 1.29 is 19.5 Å². The zero-order valence-electron chi connectivity index (χ0n) is 12.2. The van der Waals surface area contributed by atoms with E-state index in [9.17, 15) is 19.5 Å². The van der Waals surface area contributed by atoms with Crippen LogP contribution in [-0.2, 0) is 14.4 Å². The molecule has 0 spiro atoms. The number of hydrogen-bond acceptors (Lipinski definition) is 3. The molecule has 0 radical (unpaired) electrons. The van der Waals surface area contributed by atoms with Gasteiger partial charge in [0.15, 0.2) is 0 Å². The van der Waals surface area contributed by atoms with Crippen LogP contribution in [0.25, 0.3) is 0 Å². The van der Waals surface area contributed by atoms with E-state index in [1.54, 1.807) is 0 Å². The summed E-state index contributed by atoms with van der Waals surface area (Å²) in [5, 5.41) is 11.8. The predicted molar refractivity (Wildman–Crippen MR) is 74.1 cm³/mol. The summed E-state index contributed by atoms with van der Waals surface area (Å²) >= 11 is 0. The number of carbonyl (C=O) groups is 3. The van der Waals surface area contributed by atoms with Crippen LogP contribution in [0.4, 0.5) is 0 Å². The Bertz CT molecular complexity index is 359. The summed E-state index contributed by atoms with van der Waals surface area (Å²) in [7, 11) is 0. The molecule has 1 aliphatic heterocycles. The summed E-state index contributed by atoms with van der Waals surface area (Å²) < 4.78 is 0. The number of nitrogens with one attached hydrogen (secondary N) is 1. The van der Waals surface area contributed by atoms with Crippen LogP contribution in [-0.4, -0.2) is 46.4 Å². The van der Waals surface area contributed by atoms with E-state index in [0.29, 0.717) is 19.3 Å². The van der Waals surface area contributed by atoms with Crippen molar-refractivity contribution in [2.45, 2.75) is 70.5 Å². The third-order valence-corrected chi connectivity index (χ3v) is 3.81. The quantitative estimate of drug-likeness (QED) is 0.654. The van der Waals surface area contributed by atoms with Crippen molar-refractivity contribution in [2.75, 3.05) is 0 Å². The first-order chi connectivity index (χ1) is 9.56. The standard InChI is InChI=1S/C14H24N2O4/c1-3-5-10-7-8-12(14(19)20)16(10)13(18)11(6-4-2)15-9-17/h9-12H,3-8H2,1-2H3,(H,15,17)(H,19,20). The van der Waals surface area contributed by atoms with E-state index < -0.39 is 18.1 Å². The van der Waals surface area contributed by atoms with E-state index >= 15 is 0 Å². The second kappa shape index (κ2) is 7.87. The van der Waals surface area contributed by atoms with Gasteiger partial charge in [-0.2, -0.15) is 0 Å². The molecular formula is C14H24N2O4. The minimum atomic E-state index is -0.960. The molecular weight excluding hydrogens is 260 g/mol. The summed E-state index contributed by atoms with van der Waals surface area (Å²) in [4.78, 5) is 36.0. The summed E-state index contributed by atoms with van der Waals surface area (Å²) in [6, 6.07) is -1.40. The molecule has 6 nitrogen and oxygen atoms in total. The lowest BCUT2D eigenvalue weighted by atomic mass is 10.1. The smallest absolute Gasteiger partial charge is 0.326 e. The first-order valence-corrected chi connectivity index (χ1v) is 7.31. The van der Waals surface area contributed by atoms with E-state index in [1.807, 2.05) is 13.8 Å². The zero-order valence-corrected chi connectivity index (χ0v) is 12.2. The van der Waals surface area contributed by atoms with Gasteiger partial charge in [0.2, 0.25) is 12.3 Å². The Hall–Kier alpha value is -1.59. The average Bonchev–Trinajstić information content (AvgIpc) is 2.82. The fourth-order valence-corrected chi connectivity index (χ4v) is 2.90. The second-order valence-electron chi connectivity index (χ2n) is 5.25. The Kier molecular flexibility index (Phi) is 6.48. The number of rotatable bonds is 8. The SMILES string of the molecule is CCCC(NC=O)C(=O)N1C(CCC)CCC1C(=O)O. The van der Waals surface area contributed by atoms with Crippen molar-refractivity contribution in [3.63, 3.8) is 0 Å². The molecule has 0 aromatic carbocycles. The fourth-order valence-electron chi connectivity index (χ4n) is 2.90. The van der Waals surface area contributed by atoms with Gasteiger partial charge in [0.25, 0.3) is 0 Å². The lowest BCUT2D eigenvalue weighted by Gasteiger charge is -2.31. The number of carboxylic acid groups (broad SMARTS) is 1. The molecule has 0 saturated carbocycles. The van der Waals surface area contributed by atoms with Gasteiger partial charge in [0, 0.05) is 6.04 Å². The van der Waals surface area contributed by atoms with Crippen LogP contribution in [0.2, 0.25) is 0 Å². The Morgan fingerprint density at radius 1 is 1.35 bits per heavy atom. The highest BCUT2D eigenvalue weighted by atomic mass is 16.4. The van der Waals surface area contributed by atoms with Crippen molar-refractivity contribution in [3.05, 3.63) is 0 Å². The molecule has 20 heavy (non-hydrogen) atoms. The van der Waals surface area contributed by atoms with E-state index in [0.717, 1.165) is 25.7 Å². The summed E-state index contributed by atoms with van der Waals surface area (Å²) in [5.74, 6) is -1.22. The normalized spacial score (nSPS) is 23.4. The molecule has 0 aromatic heterocycles. The monoisotopic (exact) mass is 284 g/mol. The van der Waals surface area contributed by atoms with E-state index in [-0.39, 0.29) is 11.9 Å². The first-order valence-electron chi connectivity index (χ1n) is 7.31. The Morgan fingerprint density at radius 3 is 2.55 bits per heavy atom. The maximum absolute atomic E-state index is 12.6. The summed E-state index contributed by atoms with van der Waals surface area (Å²) in [6.07, 6.45) is 4.71. The molecule has 6 heteroatoms. The van der Waals surface area contributed by atoms with Crippen LogP contribution < -0.4 is 5.32 Å². The molecule has 2 amide bonds. The summed E-state index contributed by atoms with van der Waals surface area (Å²) in [5.41, 5.74) is 0. The van der Waals surface area contributed by atoms with Gasteiger partial charge in [-0.3, -0.25) is 9.59 Å². The Morgan fingerprint density at radius 2 is 2.05 bits per heavy atom. The minimum absolute atomic E-state index is 0.0265. The van der Waals surface area contributed by atoms with Gasteiger partial charge in [-0.05, 0) is 25.7 Å². The molecule has 1 heterocycles. The molecule has 0 bridgehead atoms. The third kappa shape index (κ3) is 3.71. The van der Waals surface area contributed by atoms with Crippen molar-refractivity contribution in [2.24, 2.45) is 0 Å². The highest BCUT2D eigenvalue weighted by Crippen LogP contribution is 2.28. The molecule has 3 atom stereocenters. The number of hydrogen-bond donors (Lipinski definition) is 2. The minimum Gasteiger partial charge on any atom is -0.480 e. The molecule has 114 valence electrons. The lowest BCUT2D eigenvalue weighted by molar-refractivity contribution is -0.150. The van der Waals surface area contributed by atoms with Gasteiger partial charge in [-0.1, -0.05) is 26.7 Å². The number of likely N-dealkylation sites (tertiary alicyclic amines) is 1. The van der Waals surface area contributed by atoms with Gasteiger partial charge >= 0.3 is 5.97 Å². The van der Waals surface area contributed by atoms with Crippen LogP contribution in [0, 0.1) is 0 Å². The average molecular weight is 284 g/mol. The van der Waals surface area contributed by atoms with Crippen LogP contribution in [0.1, 0.15) is 52.4 Å². The predicted octanol–water partition coefficient (Wildman–Crippen LogP) is 1.15. The highest BCUT2D eigenvalue weighted by molar-refractivity contribution is 5.89. The molecule has 2 N–H and O–H groups in total. The molecule has 1 rings (SSSR count). The van der Waals surface area contributed by atoms with Crippen molar-refractivity contribution >= 4 is 18.3 Å². The van der Waals surface area contributed by atoms with Crippen molar-refractivity contribution in [3.8, 4) is 0 Å². The van der Waals surface area contributed by atoms with Crippen LogP contribution >= 0.6 is 0 Å². The van der Waals surface area contributed by atoms with Crippen LogP contribution in [0.3, 0.4) is 0 Å². The number of carboxylic acids is 1. The van der Waals surface area contributed by atoms with E-state index in [1.165, 1.54) is 4.90 Å². The number of amides is 2. The van der Waals surface area contributed by atoms with Gasteiger partial charge in [-0.25, -0.2) is 4.79 Å². The van der Waals surface area contributed by atoms with Crippen LogP contribution in [0.15, 0.2) is 0 Å². The van der Waals surface area contributed by atoms with Gasteiger partial charge in [-0.15, -0.1) is 0 Å². The topological polar surface area (TPSA) is 86.7 Å². The molecule has 1 fully saturated rings. The highest BCUT2D eigenvalue weighted by Gasteiger charge is 2.42.